The Bertz CT molecular complexity index is 506. The minimum atomic E-state index is -0.421. The van der Waals surface area contributed by atoms with Crippen LogP contribution in [0.15, 0.2) is 30.3 Å². The van der Waals surface area contributed by atoms with Gasteiger partial charge in [0, 0.05) is 17.2 Å². The van der Waals surface area contributed by atoms with Gasteiger partial charge in [-0.1, -0.05) is 31.5 Å². The number of carbonyl (C=O) groups is 2. The second-order valence-electron chi connectivity index (χ2n) is 4.08. The minimum Gasteiger partial charge on any atom is -0.462 e. The fourth-order valence-corrected chi connectivity index (χ4v) is 1.76. The Labute approximate surface area is 106 Å². The Morgan fingerprint density at radius 3 is 2.78 bits per heavy atom. The number of nitrogens with one attached hydrogen (secondary N) is 1. The van der Waals surface area contributed by atoms with E-state index in [0.29, 0.717) is 17.9 Å². The molecule has 18 heavy (non-hydrogen) atoms. The lowest BCUT2D eigenvalue weighted by Crippen LogP contribution is -2.13. The van der Waals surface area contributed by atoms with E-state index in [1.54, 1.807) is 18.2 Å². The molecule has 1 aliphatic heterocycles. The van der Waals surface area contributed by atoms with Gasteiger partial charge in [0.05, 0.1) is 12.3 Å². The van der Waals surface area contributed by atoms with Crippen molar-refractivity contribution in [1.29, 1.82) is 0 Å². The molecule has 0 bridgehead atoms. The van der Waals surface area contributed by atoms with E-state index in [4.69, 9.17) is 4.74 Å². The smallest absolute Gasteiger partial charge is 0.332 e. The lowest BCUT2D eigenvalue weighted by molar-refractivity contribution is -0.137. The summed E-state index contributed by atoms with van der Waals surface area (Å²) in [6, 6.07) is 7.16. The largest absolute Gasteiger partial charge is 0.462 e. The molecule has 94 valence electrons. The molecule has 4 nitrogen and oxygen atoms in total. The predicted molar refractivity (Wildman–Crippen MR) is 67.8 cm³/mol. The van der Waals surface area contributed by atoms with E-state index in [1.807, 2.05) is 13.0 Å². The van der Waals surface area contributed by atoms with E-state index < -0.39 is 5.97 Å². The fraction of sp³-hybridized carbons (Fsp3) is 0.286. The molecule has 0 spiro atoms. The number of unbranched alkanes of at least 4 members (excludes halogenated alkanes) is 1. The van der Waals surface area contributed by atoms with Crippen molar-refractivity contribution in [2.24, 2.45) is 0 Å². The van der Waals surface area contributed by atoms with Gasteiger partial charge >= 0.3 is 5.97 Å². The van der Waals surface area contributed by atoms with Gasteiger partial charge in [-0.2, -0.15) is 0 Å². The first-order valence-corrected chi connectivity index (χ1v) is 6.01. The number of ether oxygens (including phenoxy) is 1. The van der Waals surface area contributed by atoms with Gasteiger partial charge < -0.3 is 10.1 Å². The molecule has 0 unspecified atom stereocenters. The van der Waals surface area contributed by atoms with Crippen LogP contribution >= 0.6 is 0 Å². The summed E-state index contributed by atoms with van der Waals surface area (Å²) < 4.78 is 5.03. The number of hydrogen-bond donors (Lipinski definition) is 1. The van der Waals surface area contributed by atoms with Crippen molar-refractivity contribution in [3.8, 4) is 0 Å². The van der Waals surface area contributed by atoms with Crippen LogP contribution in [0.4, 0.5) is 0 Å². The molecule has 4 heteroatoms. The molecular formula is C14H15NO3. The third-order valence-electron chi connectivity index (χ3n) is 2.71. The molecule has 0 radical (unpaired) electrons. The maximum Gasteiger partial charge on any atom is 0.332 e. The third-order valence-corrected chi connectivity index (χ3v) is 2.71. The summed E-state index contributed by atoms with van der Waals surface area (Å²) in [6.07, 6.45) is 3.15. The Hall–Kier alpha value is -2.10. The van der Waals surface area contributed by atoms with Crippen molar-refractivity contribution in [2.45, 2.75) is 19.8 Å². The standard InChI is InChI=1S/C14H15NO3/c1-2-3-8-18-13(16)9-12-10-6-4-5-7-11(10)14(17)15-12/h4-7,9H,2-3,8H2,1H3,(H,15,17)/b12-9-. The third kappa shape index (κ3) is 2.59. The normalized spacial score (nSPS) is 15.4. The highest BCUT2D eigenvalue weighted by Crippen LogP contribution is 2.23. The van der Waals surface area contributed by atoms with Crippen LogP contribution in [0.2, 0.25) is 0 Å². The van der Waals surface area contributed by atoms with Crippen molar-refractivity contribution in [3.63, 3.8) is 0 Å². The number of hydrogen-bond acceptors (Lipinski definition) is 3. The number of rotatable bonds is 4. The number of benzene rings is 1. The lowest BCUT2D eigenvalue weighted by Gasteiger charge is -2.02. The number of carbonyl (C=O) groups excluding carboxylic acids is 2. The average molecular weight is 245 g/mol. The van der Waals surface area contributed by atoms with Gasteiger partial charge in [-0.3, -0.25) is 4.79 Å². The van der Waals surface area contributed by atoms with E-state index >= 15 is 0 Å². The van der Waals surface area contributed by atoms with Gasteiger partial charge in [0.1, 0.15) is 0 Å². The van der Waals surface area contributed by atoms with Gasteiger partial charge in [-0.05, 0) is 12.5 Å². The number of esters is 1. The van der Waals surface area contributed by atoms with E-state index in [9.17, 15) is 9.59 Å². The monoisotopic (exact) mass is 245 g/mol. The SMILES string of the molecule is CCCCOC(=O)/C=C1\NC(=O)c2ccccc21. The van der Waals surface area contributed by atoms with Crippen LogP contribution in [-0.4, -0.2) is 18.5 Å². The zero-order chi connectivity index (χ0) is 13.0. The maximum absolute atomic E-state index is 11.6. The molecule has 1 aromatic carbocycles. The molecule has 1 aromatic rings. The van der Waals surface area contributed by atoms with Crippen molar-refractivity contribution in [3.05, 3.63) is 41.5 Å². The van der Waals surface area contributed by atoms with Crippen LogP contribution in [-0.2, 0) is 9.53 Å². The molecule has 0 aromatic heterocycles. The van der Waals surface area contributed by atoms with Gasteiger partial charge in [-0.15, -0.1) is 0 Å². The molecule has 2 rings (SSSR count). The summed E-state index contributed by atoms with van der Waals surface area (Å²) in [5.74, 6) is -0.603. The molecule has 0 atom stereocenters. The fourth-order valence-electron chi connectivity index (χ4n) is 1.76. The molecule has 1 N–H and O–H groups in total. The van der Waals surface area contributed by atoms with E-state index in [2.05, 4.69) is 5.32 Å². The van der Waals surface area contributed by atoms with Crippen LogP contribution in [0.1, 0.15) is 35.7 Å². The Kier molecular flexibility index (Phi) is 3.77. The lowest BCUT2D eigenvalue weighted by atomic mass is 10.1. The Morgan fingerprint density at radius 2 is 2.06 bits per heavy atom. The Balaban J connectivity index is 2.11. The molecule has 1 heterocycles. The quantitative estimate of drug-likeness (QED) is 0.502. The van der Waals surface area contributed by atoms with Gasteiger partial charge in [0.15, 0.2) is 0 Å². The van der Waals surface area contributed by atoms with Gasteiger partial charge in [0.25, 0.3) is 5.91 Å². The van der Waals surface area contributed by atoms with Crippen molar-refractivity contribution in [2.75, 3.05) is 6.61 Å². The first-order valence-electron chi connectivity index (χ1n) is 6.01. The first kappa shape index (κ1) is 12.4. The van der Waals surface area contributed by atoms with Gasteiger partial charge in [-0.25, -0.2) is 4.79 Å². The first-order chi connectivity index (χ1) is 8.72. The van der Waals surface area contributed by atoms with E-state index in [1.165, 1.54) is 6.08 Å². The molecule has 1 aliphatic rings. The summed E-state index contributed by atoms with van der Waals surface area (Å²) in [6.45, 7) is 2.44. The van der Waals surface area contributed by atoms with Crippen LogP contribution < -0.4 is 5.32 Å². The topological polar surface area (TPSA) is 55.4 Å². The number of amides is 1. The summed E-state index contributed by atoms with van der Waals surface area (Å²) >= 11 is 0. The Morgan fingerprint density at radius 1 is 1.33 bits per heavy atom. The average Bonchev–Trinajstić information content (AvgIpc) is 2.67. The van der Waals surface area contributed by atoms with E-state index in [0.717, 1.165) is 18.4 Å². The predicted octanol–water partition coefficient (Wildman–Crippen LogP) is 2.11. The highest BCUT2D eigenvalue weighted by atomic mass is 16.5. The van der Waals surface area contributed by atoms with Crippen LogP contribution in [0.25, 0.3) is 5.70 Å². The van der Waals surface area contributed by atoms with E-state index in [-0.39, 0.29) is 5.91 Å². The molecule has 0 fully saturated rings. The van der Waals surface area contributed by atoms with Crippen molar-refractivity contribution < 1.29 is 14.3 Å². The second kappa shape index (κ2) is 5.49. The molecular weight excluding hydrogens is 230 g/mol. The summed E-state index contributed by atoms with van der Waals surface area (Å²) in [4.78, 5) is 23.2. The summed E-state index contributed by atoms with van der Waals surface area (Å²) in [5.41, 5.74) is 1.84. The number of fused-ring (bicyclic) bond motifs is 1. The molecule has 0 aliphatic carbocycles. The summed E-state index contributed by atoms with van der Waals surface area (Å²) in [5, 5.41) is 2.66. The molecule has 0 saturated heterocycles. The van der Waals surface area contributed by atoms with Crippen molar-refractivity contribution >= 4 is 17.6 Å². The summed E-state index contributed by atoms with van der Waals surface area (Å²) in [7, 11) is 0. The zero-order valence-electron chi connectivity index (χ0n) is 10.2. The second-order valence-corrected chi connectivity index (χ2v) is 4.08. The van der Waals surface area contributed by atoms with Crippen LogP contribution in [0.5, 0.6) is 0 Å². The maximum atomic E-state index is 11.6. The highest BCUT2D eigenvalue weighted by molar-refractivity contribution is 6.11. The zero-order valence-corrected chi connectivity index (χ0v) is 10.2. The molecule has 0 saturated carbocycles. The van der Waals surface area contributed by atoms with Crippen molar-refractivity contribution in [1.82, 2.24) is 5.32 Å². The van der Waals surface area contributed by atoms with Crippen LogP contribution in [0, 0.1) is 0 Å². The van der Waals surface area contributed by atoms with Crippen LogP contribution in [0.3, 0.4) is 0 Å². The highest BCUT2D eigenvalue weighted by Gasteiger charge is 2.23. The molecule has 1 amide bonds. The van der Waals surface area contributed by atoms with Gasteiger partial charge in [0.2, 0.25) is 0 Å². The minimum absolute atomic E-state index is 0.182.